The molecule has 0 aromatic heterocycles. The minimum absolute atomic E-state index is 0.218. The van der Waals surface area contributed by atoms with Gasteiger partial charge in [-0.3, -0.25) is 0 Å². The Morgan fingerprint density at radius 3 is 2.67 bits per heavy atom. The number of nitrogens with two attached hydrogens (primary N) is 1. The Labute approximate surface area is 139 Å². The standard InChI is InChI=1S/C19H19F2NO2/c1-19(2)8-7-12-9-11(15-10-13(20)4-6-16(15)21)3-5-14(12)17(19)24-18(22)23/h3-6,9-10,17H,7-8H2,1-2H3,(H2,22,23). The molecule has 0 saturated heterocycles. The lowest BCUT2D eigenvalue weighted by atomic mass is 9.71. The number of fused-ring (bicyclic) bond motifs is 1. The molecule has 0 aliphatic heterocycles. The summed E-state index contributed by atoms with van der Waals surface area (Å²) >= 11 is 0. The third-order valence-electron chi connectivity index (χ3n) is 4.65. The maximum absolute atomic E-state index is 14.0. The van der Waals surface area contributed by atoms with Crippen molar-refractivity contribution < 1.29 is 18.3 Å². The van der Waals surface area contributed by atoms with Gasteiger partial charge in [-0.2, -0.15) is 0 Å². The molecule has 2 aromatic rings. The van der Waals surface area contributed by atoms with E-state index in [2.05, 4.69) is 0 Å². The Bertz CT molecular complexity index is 802. The third-order valence-corrected chi connectivity index (χ3v) is 4.65. The first-order chi connectivity index (χ1) is 11.3. The first kappa shape index (κ1) is 16.4. The second kappa shape index (κ2) is 5.89. The van der Waals surface area contributed by atoms with Gasteiger partial charge in [-0.25, -0.2) is 13.6 Å². The molecular weight excluding hydrogens is 312 g/mol. The number of hydrogen-bond acceptors (Lipinski definition) is 2. The maximum Gasteiger partial charge on any atom is 0.405 e. The molecular formula is C19H19F2NO2. The summed E-state index contributed by atoms with van der Waals surface area (Å²) < 4.78 is 32.8. The van der Waals surface area contributed by atoms with Crippen molar-refractivity contribution in [3.05, 3.63) is 59.2 Å². The molecule has 1 aliphatic carbocycles. The molecule has 3 nitrogen and oxygen atoms in total. The highest BCUT2D eigenvalue weighted by atomic mass is 19.1. The summed E-state index contributed by atoms with van der Waals surface area (Å²) in [6.45, 7) is 4.04. The van der Waals surface area contributed by atoms with Crippen molar-refractivity contribution in [1.82, 2.24) is 0 Å². The molecule has 24 heavy (non-hydrogen) atoms. The first-order valence-corrected chi connectivity index (χ1v) is 7.82. The molecule has 0 bridgehead atoms. The van der Waals surface area contributed by atoms with E-state index < -0.39 is 23.8 Å². The number of rotatable bonds is 2. The van der Waals surface area contributed by atoms with Gasteiger partial charge >= 0.3 is 6.09 Å². The second-order valence-corrected chi connectivity index (χ2v) is 6.84. The molecule has 0 saturated carbocycles. The van der Waals surface area contributed by atoms with Gasteiger partial charge in [0.25, 0.3) is 0 Å². The molecule has 1 atom stereocenters. The molecule has 126 valence electrons. The lowest BCUT2D eigenvalue weighted by Crippen LogP contribution is -2.33. The fourth-order valence-corrected chi connectivity index (χ4v) is 3.31. The SMILES string of the molecule is CC1(C)CCc2cc(-c3cc(F)ccc3F)ccc2C1OC(N)=O. The van der Waals surface area contributed by atoms with E-state index in [0.29, 0.717) is 5.56 Å². The minimum atomic E-state index is -0.818. The van der Waals surface area contributed by atoms with E-state index in [4.69, 9.17) is 10.5 Å². The molecule has 5 heteroatoms. The van der Waals surface area contributed by atoms with Crippen molar-refractivity contribution in [3.63, 3.8) is 0 Å². The van der Waals surface area contributed by atoms with Gasteiger partial charge in [0.2, 0.25) is 0 Å². The van der Waals surface area contributed by atoms with E-state index in [9.17, 15) is 13.6 Å². The molecule has 1 aliphatic rings. The van der Waals surface area contributed by atoms with Crippen LogP contribution in [0.3, 0.4) is 0 Å². The largest absolute Gasteiger partial charge is 0.441 e. The van der Waals surface area contributed by atoms with Crippen molar-refractivity contribution >= 4 is 6.09 Å². The summed E-state index contributed by atoms with van der Waals surface area (Å²) in [5.41, 5.74) is 7.61. The molecule has 1 unspecified atom stereocenters. The Morgan fingerprint density at radius 1 is 1.21 bits per heavy atom. The number of amides is 1. The van der Waals surface area contributed by atoms with Crippen molar-refractivity contribution in [3.8, 4) is 11.1 Å². The summed E-state index contributed by atoms with van der Waals surface area (Å²) in [4.78, 5) is 11.2. The van der Waals surface area contributed by atoms with Crippen LogP contribution in [0.1, 0.15) is 37.5 Å². The second-order valence-electron chi connectivity index (χ2n) is 6.84. The van der Waals surface area contributed by atoms with Gasteiger partial charge in [0, 0.05) is 11.0 Å². The van der Waals surface area contributed by atoms with E-state index in [1.807, 2.05) is 26.0 Å². The zero-order chi connectivity index (χ0) is 17.5. The van der Waals surface area contributed by atoms with Crippen molar-refractivity contribution in [2.45, 2.75) is 32.8 Å². The van der Waals surface area contributed by atoms with Crippen LogP contribution in [0.5, 0.6) is 0 Å². The number of benzene rings is 2. The normalized spacial score (nSPS) is 18.8. The van der Waals surface area contributed by atoms with E-state index in [0.717, 1.165) is 36.1 Å². The van der Waals surface area contributed by atoms with Crippen LogP contribution in [0.25, 0.3) is 11.1 Å². The van der Waals surface area contributed by atoms with Gasteiger partial charge < -0.3 is 10.5 Å². The number of carbonyl (C=O) groups excluding carboxylic acids is 1. The average molecular weight is 331 g/mol. The van der Waals surface area contributed by atoms with Crippen LogP contribution >= 0.6 is 0 Å². The fraction of sp³-hybridized carbons (Fsp3) is 0.316. The van der Waals surface area contributed by atoms with Crippen molar-refractivity contribution in [1.29, 1.82) is 0 Å². The number of ether oxygens (including phenoxy) is 1. The molecule has 0 fully saturated rings. The van der Waals surface area contributed by atoms with Crippen LogP contribution in [0.2, 0.25) is 0 Å². The Balaban J connectivity index is 2.06. The van der Waals surface area contributed by atoms with Crippen molar-refractivity contribution in [2.75, 3.05) is 0 Å². The summed E-state index contributed by atoms with van der Waals surface area (Å²) in [5.74, 6) is -0.961. The van der Waals surface area contributed by atoms with Gasteiger partial charge in [0.15, 0.2) is 0 Å². The topological polar surface area (TPSA) is 52.3 Å². The molecule has 3 rings (SSSR count). The number of hydrogen-bond donors (Lipinski definition) is 1. The van der Waals surface area contributed by atoms with Gasteiger partial charge in [-0.15, -0.1) is 0 Å². The average Bonchev–Trinajstić information content (AvgIpc) is 2.52. The van der Waals surface area contributed by atoms with Crippen LogP contribution < -0.4 is 5.73 Å². The zero-order valence-electron chi connectivity index (χ0n) is 13.6. The molecule has 2 N–H and O–H groups in total. The number of halogens is 2. The fourth-order valence-electron chi connectivity index (χ4n) is 3.31. The number of primary amides is 1. The van der Waals surface area contributed by atoms with E-state index in [1.165, 1.54) is 6.07 Å². The smallest absolute Gasteiger partial charge is 0.405 e. The first-order valence-electron chi connectivity index (χ1n) is 7.82. The van der Waals surface area contributed by atoms with Crippen LogP contribution in [0.4, 0.5) is 13.6 Å². The Kier molecular flexibility index (Phi) is 4.03. The summed E-state index contributed by atoms with van der Waals surface area (Å²) in [6.07, 6.45) is 0.296. The lowest BCUT2D eigenvalue weighted by Gasteiger charge is -2.39. The highest BCUT2D eigenvalue weighted by Gasteiger charge is 2.38. The van der Waals surface area contributed by atoms with Gasteiger partial charge in [0.05, 0.1) is 0 Å². The predicted octanol–water partition coefficient (Wildman–Crippen LogP) is 4.74. The van der Waals surface area contributed by atoms with Crippen LogP contribution in [0, 0.1) is 17.0 Å². The Morgan fingerprint density at radius 2 is 1.96 bits per heavy atom. The lowest BCUT2D eigenvalue weighted by molar-refractivity contribution is 0.0147. The highest BCUT2D eigenvalue weighted by Crippen LogP contribution is 2.46. The predicted molar refractivity (Wildman–Crippen MR) is 87.3 cm³/mol. The van der Waals surface area contributed by atoms with Gasteiger partial charge in [-0.1, -0.05) is 32.0 Å². The number of carbonyl (C=O) groups is 1. The van der Waals surface area contributed by atoms with Crippen LogP contribution in [-0.2, 0) is 11.2 Å². The quantitative estimate of drug-likeness (QED) is 0.864. The van der Waals surface area contributed by atoms with Crippen molar-refractivity contribution in [2.24, 2.45) is 11.1 Å². The third kappa shape index (κ3) is 2.98. The minimum Gasteiger partial charge on any atom is -0.441 e. The summed E-state index contributed by atoms with van der Waals surface area (Å²) in [5, 5.41) is 0. The number of aryl methyl sites for hydroxylation is 1. The van der Waals surface area contributed by atoms with Gasteiger partial charge in [0.1, 0.15) is 17.7 Å². The molecule has 1 amide bonds. The summed E-state index contributed by atoms with van der Waals surface area (Å²) in [7, 11) is 0. The van der Waals surface area contributed by atoms with E-state index in [1.54, 1.807) is 6.07 Å². The maximum atomic E-state index is 14.0. The zero-order valence-corrected chi connectivity index (χ0v) is 13.6. The van der Waals surface area contributed by atoms with Crippen LogP contribution in [-0.4, -0.2) is 6.09 Å². The molecule has 2 aromatic carbocycles. The van der Waals surface area contributed by atoms with E-state index >= 15 is 0 Å². The molecule has 0 radical (unpaired) electrons. The highest BCUT2D eigenvalue weighted by molar-refractivity contribution is 5.67. The van der Waals surface area contributed by atoms with E-state index in [-0.39, 0.29) is 11.0 Å². The summed E-state index contributed by atoms with van der Waals surface area (Å²) in [6, 6.07) is 8.75. The Hall–Kier alpha value is -2.43. The molecule has 0 spiro atoms. The van der Waals surface area contributed by atoms with Gasteiger partial charge in [-0.05, 0) is 47.7 Å². The monoisotopic (exact) mass is 331 g/mol. The molecule has 0 heterocycles. The van der Waals surface area contributed by atoms with Crippen LogP contribution in [0.15, 0.2) is 36.4 Å².